The first-order valence-electron chi connectivity index (χ1n) is 7.34. The summed E-state index contributed by atoms with van der Waals surface area (Å²) in [6, 6.07) is 10.4. The van der Waals surface area contributed by atoms with E-state index in [1.165, 1.54) is 5.56 Å². The predicted molar refractivity (Wildman–Crippen MR) is 78.2 cm³/mol. The average Bonchev–Trinajstić information content (AvgIpc) is 2.74. The normalized spacial score (nSPS) is 17.8. The zero-order valence-corrected chi connectivity index (χ0v) is 11.8. The molecular formula is C16H24N2O. The van der Waals surface area contributed by atoms with E-state index >= 15 is 0 Å². The second-order valence-electron chi connectivity index (χ2n) is 5.20. The molecule has 3 nitrogen and oxygen atoms in total. The molecule has 1 unspecified atom stereocenters. The lowest BCUT2D eigenvalue weighted by atomic mass is 9.93. The van der Waals surface area contributed by atoms with Crippen molar-refractivity contribution < 1.29 is 4.79 Å². The Morgan fingerprint density at radius 1 is 1.26 bits per heavy atom. The minimum Gasteiger partial charge on any atom is -0.341 e. The van der Waals surface area contributed by atoms with Crippen LogP contribution < -0.4 is 5.32 Å². The van der Waals surface area contributed by atoms with E-state index in [-0.39, 0.29) is 0 Å². The summed E-state index contributed by atoms with van der Waals surface area (Å²) in [6.07, 6.45) is 2.72. The van der Waals surface area contributed by atoms with Crippen molar-refractivity contribution in [3.05, 3.63) is 35.9 Å². The van der Waals surface area contributed by atoms with E-state index in [2.05, 4.69) is 36.5 Å². The standard InChI is InChI=1S/C16H24N2O/c1-2-14(15-7-4-3-5-8-15)13-16(19)18-11-6-9-17-10-12-18/h3-5,7-8,14,17H,2,6,9-13H2,1H3. The molecule has 1 amide bonds. The number of carbonyl (C=O) groups excluding carboxylic acids is 1. The molecule has 0 bridgehead atoms. The number of nitrogens with one attached hydrogen (secondary N) is 1. The highest BCUT2D eigenvalue weighted by atomic mass is 16.2. The van der Waals surface area contributed by atoms with Crippen LogP contribution in [0.25, 0.3) is 0 Å². The van der Waals surface area contributed by atoms with Gasteiger partial charge in [0.2, 0.25) is 5.91 Å². The molecule has 0 aliphatic carbocycles. The summed E-state index contributed by atoms with van der Waals surface area (Å²) >= 11 is 0. The van der Waals surface area contributed by atoms with Gasteiger partial charge in [-0.25, -0.2) is 0 Å². The number of carbonyl (C=O) groups is 1. The van der Waals surface area contributed by atoms with Crippen LogP contribution in [0.5, 0.6) is 0 Å². The van der Waals surface area contributed by atoms with Crippen LogP contribution in [0.4, 0.5) is 0 Å². The maximum Gasteiger partial charge on any atom is 0.223 e. The van der Waals surface area contributed by atoms with E-state index in [1.807, 2.05) is 11.0 Å². The average molecular weight is 260 g/mol. The fourth-order valence-corrected chi connectivity index (χ4v) is 2.66. The van der Waals surface area contributed by atoms with Gasteiger partial charge in [-0.2, -0.15) is 0 Å². The molecule has 3 heteroatoms. The van der Waals surface area contributed by atoms with Crippen molar-refractivity contribution in [1.82, 2.24) is 10.2 Å². The molecule has 1 atom stereocenters. The summed E-state index contributed by atoms with van der Waals surface area (Å²) in [7, 11) is 0. The van der Waals surface area contributed by atoms with Gasteiger partial charge in [-0.05, 0) is 30.9 Å². The molecule has 1 aliphatic heterocycles. The monoisotopic (exact) mass is 260 g/mol. The zero-order valence-electron chi connectivity index (χ0n) is 11.8. The van der Waals surface area contributed by atoms with Gasteiger partial charge in [0, 0.05) is 26.1 Å². The van der Waals surface area contributed by atoms with Gasteiger partial charge in [0.1, 0.15) is 0 Å². The Labute approximate surface area is 116 Å². The highest BCUT2D eigenvalue weighted by Gasteiger charge is 2.20. The molecule has 1 saturated heterocycles. The van der Waals surface area contributed by atoms with Crippen molar-refractivity contribution in [2.45, 2.75) is 32.1 Å². The second kappa shape index (κ2) is 7.29. The molecule has 1 aliphatic rings. The summed E-state index contributed by atoms with van der Waals surface area (Å²) in [6.45, 7) is 5.86. The SMILES string of the molecule is CCC(CC(=O)N1CCCNCC1)c1ccccc1. The molecule has 0 radical (unpaired) electrons. The third-order valence-electron chi connectivity index (χ3n) is 3.88. The molecule has 0 spiro atoms. The summed E-state index contributed by atoms with van der Waals surface area (Å²) in [5, 5.41) is 3.34. The zero-order chi connectivity index (χ0) is 13.5. The van der Waals surface area contributed by atoms with Crippen molar-refractivity contribution in [2.24, 2.45) is 0 Å². The second-order valence-corrected chi connectivity index (χ2v) is 5.20. The molecule has 2 rings (SSSR count). The van der Waals surface area contributed by atoms with Crippen molar-refractivity contribution >= 4 is 5.91 Å². The Balaban J connectivity index is 1.96. The van der Waals surface area contributed by atoms with Gasteiger partial charge in [-0.15, -0.1) is 0 Å². The van der Waals surface area contributed by atoms with Gasteiger partial charge in [0.15, 0.2) is 0 Å². The summed E-state index contributed by atoms with van der Waals surface area (Å²) < 4.78 is 0. The van der Waals surface area contributed by atoms with Gasteiger partial charge in [0.05, 0.1) is 0 Å². The number of amides is 1. The summed E-state index contributed by atoms with van der Waals surface area (Å²) in [4.78, 5) is 14.4. The Bertz CT molecular complexity index is 383. The van der Waals surface area contributed by atoms with Crippen molar-refractivity contribution in [3.63, 3.8) is 0 Å². The third kappa shape index (κ3) is 4.06. The van der Waals surface area contributed by atoms with Crippen LogP contribution >= 0.6 is 0 Å². The molecule has 1 fully saturated rings. The fraction of sp³-hybridized carbons (Fsp3) is 0.562. The lowest BCUT2D eigenvalue weighted by Crippen LogP contribution is -2.34. The van der Waals surface area contributed by atoms with Crippen LogP contribution in [0.3, 0.4) is 0 Å². The van der Waals surface area contributed by atoms with E-state index < -0.39 is 0 Å². The van der Waals surface area contributed by atoms with Crippen molar-refractivity contribution in [3.8, 4) is 0 Å². The summed E-state index contributed by atoms with van der Waals surface area (Å²) in [5.41, 5.74) is 1.28. The van der Waals surface area contributed by atoms with Gasteiger partial charge in [-0.3, -0.25) is 4.79 Å². The minimum atomic E-state index is 0.305. The molecule has 1 aromatic rings. The first-order valence-corrected chi connectivity index (χ1v) is 7.34. The van der Waals surface area contributed by atoms with Crippen LogP contribution in [0, 0.1) is 0 Å². The molecule has 104 valence electrons. The van der Waals surface area contributed by atoms with Gasteiger partial charge in [-0.1, -0.05) is 37.3 Å². The highest BCUT2D eigenvalue weighted by molar-refractivity contribution is 5.77. The number of rotatable bonds is 4. The molecular weight excluding hydrogens is 236 g/mol. The van der Waals surface area contributed by atoms with E-state index in [4.69, 9.17) is 0 Å². The third-order valence-corrected chi connectivity index (χ3v) is 3.88. The number of hydrogen-bond acceptors (Lipinski definition) is 2. The van der Waals surface area contributed by atoms with E-state index in [0.29, 0.717) is 18.2 Å². The Morgan fingerprint density at radius 3 is 2.79 bits per heavy atom. The van der Waals surface area contributed by atoms with Crippen LogP contribution in [0.15, 0.2) is 30.3 Å². The first kappa shape index (κ1) is 14.1. The Kier molecular flexibility index (Phi) is 5.40. The molecule has 0 saturated carbocycles. The minimum absolute atomic E-state index is 0.305. The highest BCUT2D eigenvalue weighted by Crippen LogP contribution is 2.23. The van der Waals surface area contributed by atoms with Gasteiger partial charge in [0.25, 0.3) is 0 Å². The van der Waals surface area contributed by atoms with E-state index in [1.54, 1.807) is 0 Å². The summed E-state index contributed by atoms with van der Waals surface area (Å²) in [5.74, 6) is 0.657. The van der Waals surface area contributed by atoms with Crippen molar-refractivity contribution in [2.75, 3.05) is 26.2 Å². The van der Waals surface area contributed by atoms with Crippen LogP contribution in [0.2, 0.25) is 0 Å². The van der Waals surface area contributed by atoms with Gasteiger partial charge >= 0.3 is 0 Å². The molecule has 0 aromatic heterocycles. The maximum atomic E-state index is 12.4. The first-order chi connectivity index (χ1) is 9.31. The van der Waals surface area contributed by atoms with Gasteiger partial charge < -0.3 is 10.2 Å². The van der Waals surface area contributed by atoms with Crippen LogP contribution in [0.1, 0.15) is 37.7 Å². The Hall–Kier alpha value is -1.35. The number of benzene rings is 1. The molecule has 1 heterocycles. The topological polar surface area (TPSA) is 32.3 Å². The van der Waals surface area contributed by atoms with Crippen molar-refractivity contribution in [1.29, 1.82) is 0 Å². The Morgan fingerprint density at radius 2 is 2.05 bits per heavy atom. The van der Waals surface area contributed by atoms with E-state index in [9.17, 15) is 4.79 Å². The predicted octanol–water partition coefficient (Wildman–Crippen LogP) is 2.39. The van der Waals surface area contributed by atoms with Crippen LogP contribution in [-0.4, -0.2) is 37.0 Å². The largest absolute Gasteiger partial charge is 0.341 e. The number of hydrogen-bond donors (Lipinski definition) is 1. The number of nitrogens with zero attached hydrogens (tertiary/aromatic N) is 1. The lowest BCUT2D eigenvalue weighted by Gasteiger charge is -2.23. The maximum absolute atomic E-state index is 12.4. The van der Waals surface area contributed by atoms with E-state index in [0.717, 1.165) is 39.0 Å². The lowest BCUT2D eigenvalue weighted by molar-refractivity contribution is -0.131. The molecule has 1 N–H and O–H groups in total. The smallest absolute Gasteiger partial charge is 0.223 e. The molecule has 19 heavy (non-hydrogen) atoms. The van der Waals surface area contributed by atoms with Crippen LogP contribution in [-0.2, 0) is 4.79 Å². The quantitative estimate of drug-likeness (QED) is 0.901. The fourth-order valence-electron chi connectivity index (χ4n) is 2.66. The molecule has 1 aromatic carbocycles.